The molecule has 2 aromatic carbocycles. The molecular weight excluding hydrogens is 316 g/mol. The molecule has 1 heterocycles. The summed E-state index contributed by atoms with van der Waals surface area (Å²) in [5, 5.41) is 4.40. The Hall–Kier alpha value is -2.33. The van der Waals surface area contributed by atoms with Crippen LogP contribution in [0.2, 0.25) is 0 Å². The largest absolute Gasteiger partial charge is 0.496 e. The van der Waals surface area contributed by atoms with Crippen molar-refractivity contribution >= 4 is 22.2 Å². The van der Waals surface area contributed by atoms with Crippen LogP contribution in [0.15, 0.2) is 36.4 Å². The van der Waals surface area contributed by atoms with Crippen LogP contribution in [0, 0.1) is 13.8 Å². The van der Waals surface area contributed by atoms with Crippen molar-refractivity contribution in [3.8, 4) is 17.0 Å². The summed E-state index contributed by atoms with van der Waals surface area (Å²) >= 11 is 1.76. The molecule has 122 valence electrons. The number of thiazole rings is 1. The van der Waals surface area contributed by atoms with Crippen LogP contribution in [-0.4, -0.2) is 12.1 Å². The van der Waals surface area contributed by atoms with Crippen molar-refractivity contribution in [2.24, 2.45) is 0 Å². The van der Waals surface area contributed by atoms with Gasteiger partial charge in [-0.05, 0) is 62.1 Å². The molecule has 4 heteroatoms. The molecule has 1 N–H and O–H groups in total. The van der Waals surface area contributed by atoms with E-state index in [4.69, 9.17) is 9.72 Å². The number of rotatable bonds is 3. The highest BCUT2D eigenvalue weighted by molar-refractivity contribution is 7.16. The fourth-order valence-electron chi connectivity index (χ4n) is 3.17. The maximum Gasteiger partial charge on any atom is 0.187 e. The van der Waals surface area contributed by atoms with Crippen molar-refractivity contribution in [3.05, 3.63) is 58.0 Å². The van der Waals surface area contributed by atoms with Gasteiger partial charge in [-0.15, -0.1) is 11.3 Å². The Labute approximate surface area is 146 Å². The van der Waals surface area contributed by atoms with Crippen molar-refractivity contribution in [2.45, 2.75) is 26.7 Å². The topological polar surface area (TPSA) is 34.1 Å². The molecule has 1 aliphatic carbocycles. The molecule has 3 nitrogen and oxygen atoms in total. The molecule has 0 unspecified atom stereocenters. The summed E-state index contributed by atoms with van der Waals surface area (Å²) in [6.45, 7) is 4.19. The number of nitrogens with one attached hydrogen (secondary N) is 1. The minimum atomic E-state index is 0.963. The summed E-state index contributed by atoms with van der Waals surface area (Å²) in [7, 11) is 1.73. The second-order valence-electron chi connectivity index (χ2n) is 6.26. The smallest absolute Gasteiger partial charge is 0.187 e. The molecule has 0 saturated carbocycles. The van der Waals surface area contributed by atoms with Gasteiger partial charge in [0.25, 0.3) is 0 Å². The van der Waals surface area contributed by atoms with E-state index >= 15 is 0 Å². The summed E-state index contributed by atoms with van der Waals surface area (Å²) < 4.78 is 5.46. The number of aryl methyl sites for hydroxylation is 4. The maximum absolute atomic E-state index is 5.46. The lowest BCUT2D eigenvalue weighted by Gasteiger charge is -2.17. The van der Waals surface area contributed by atoms with Crippen LogP contribution in [0.3, 0.4) is 0 Å². The first kappa shape index (κ1) is 15.2. The predicted octanol–water partition coefficient (Wildman–Crippen LogP) is 5.28. The fourth-order valence-corrected chi connectivity index (χ4v) is 4.17. The van der Waals surface area contributed by atoms with E-state index in [1.807, 2.05) is 0 Å². The van der Waals surface area contributed by atoms with Crippen LogP contribution in [0.5, 0.6) is 5.75 Å². The predicted molar refractivity (Wildman–Crippen MR) is 101 cm³/mol. The van der Waals surface area contributed by atoms with Crippen LogP contribution in [0.1, 0.15) is 21.6 Å². The number of fused-ring (bicyclic) bond motifs is 3. The lowest BCUT2D eigenvalue weighted by atomic mass is 9.91. The molecule has 0 spiro atoms. The minimum Gasteiger partial charge on any atom is -0.496 e. The zero-order valence-corrected chi connectivity index (χ0v) is 15.0. The van der Waals surface area contributed by atoms with Gasteiger partial charge in [0.05, 0.1) is 12.8 Å². The van der Waals surface area contributed by atoms with Crippen LogP contribution in [0.25, 0.3) is 11.3 Å². The van der Waals surface area contributed by atoms with E-state index in [2.05, 4.69) is 55.6 Å². The number of anilines is 2. The summed E-state index contributed by atoms with van der Waals surface area (Å²) in [6.07, 6.45) is 2.09. The zero-order chi connectivity index (χ0) is 16.7. The van der Waals surface area contributed by atoms with Gasteiger partial charge in [-0.2, -0.15) is 0 Å². The van der Waals surface area contributed by atoms with Gasteiger partial charge in [-0.3, -0.25) is 0 Å². The Morgan fingerprint density at radius 3 is 2.62 bits per heavy atom. The lowest BCUT2D eigenvalue weighted by Crippen LogP contribution is -2.03. The Bertz CT molecular complexity index is 897. The molecule has 0 atom stereocenters. The van der Waals surface area contributed by atoms with Gasteiger partial charge in [0.1, 0.15) is 5.75 Å². The molecule has 0 saturated heterocycles. The van der Waals surface area contributed by atoms with E-state index in [1.165, 1.54) is 21.6 Å². The van der Waals surface area contributed by atoms with E-state index < -0.39 is 0 Å². The molecule has 1 aromatic heterocycles. The Kier molecular flexibility index (Phi) is 3.77. The van der Waals surface area contributed by atoms with Crippen molar-refractivity contribution in [1.82, 2.24) is 4.98 Å². The fraction of sp³-hybridized carbons (Fsp3) is 0.250. The molecule has 1 aliphatic rings. The van der Waals surface area contributed by atoms with Crippen LogP contribution >= 0.6 is 11.3 Å². The number of benzene rings is 2. The van der Waals surface area contributed by atoms with Gasteiger partial charge in [0, 0.05) is 16.1 Å². The van der Waals surface area contributed by atoms with Crippen molar-refractivity contribution < 1.29 is 4.74 Å². The first-order valence-electron chi connectivity index (χ1n) is 8.15. The van der Waals surface area contributed by atoms with E-state index in [0.29, 0.717) is 0 Å². The molecule has 0 bridgehead atoms. The molecule has 0 amide bonds. The Morgan fingerprint density at radius 1 is 1.08 bits per heavy atom. The van der Waals surface area contributed by atoms with Gasteiger partial charge in [0.2, 0.25) is 0 Å². The Morgan fingerprint density at radius 2 is 1.88 bits per heavy atom. The Balaban J connectivity index is 1.70. The SMILES string of the molecule is COc1cc2c(cc1C)-c1nc(Nc3ccc(C)cc3)sc1CC2. The number of hydrogen-bond acceptors (Lipinski definition) is 4. The molecule has 0 fully saturated rings. The third-order valence-corrected chi connectivity index (χ3v) is 5.53. The lowest BCUT2D eigenvalue weighted by molar-refractivity contribution is 0.411. The van der Waals surface area contributed by atoms with Crippen LogP contribution in [0.4, 0.5) is 10.8 Å². The number of nitrogens with zero attached hydrogens (tertiary/aromatic N) is 1. The normalized spacial score (nSPS) is 12.5. The summed E-state index contributed by atoms with van der Waals surface area (Å²) in [4.78, 5) is 6.24. The first-order chi connectivity index (χ1) is 11.6. The van der Waals surface area contributed by atoms with E-state index in [-0.39, 0.29) is 0 Å². The maximum atomic E-state index is 5.46. The second-order valence-corrected chi connectivity index (χ2v) is 7.34. The molecule has 24 heavy (non-hydrogen) atoms. The number of ether oxygens (including phenoxy) is 1. The van der Waals surface area contributed by atoms with Crippen molar-refractivity contribution in [1.29, 1.82) is 0 Å². The average molecular weight is 336 g/mol. The van der Waals surface area contributed by atoms with Gasteiger partial charge >= 0.3 is 0 Å². The van der Waals surface area contributed by atoms with E-state index in [1.54, 1.807) is 18.4 Å². The third kappa shape index (κ3) is 2.67. The third-order valence-electron chi connectivity index (χ3n) is 4.50. The summed E-state index contributed by atoms with van der Waals surface area (Å²) in [6, 6.07) is 12.8. The molecular formula is C20H20N2OS. The van der Waals surface area contributed by atoms with Gasteiger partial charge in [-0.25, -0.2) is 4.98 Å². The van der Waals surface area contributed by atoms with Crippen molar-refractivity contribution in [3.63, 3.8) is 0 Å². The van der Waals surface area contributed by atoms with Gasteiger partial charge < -0.3 is 10.1 Å². The summed E-state index contributed by atoms with van der Waals surface area (Å²) in [5.74, 6) is 0.963. The highest BCUT2D eigenvalue weighted by Crippen LogP contribution is 2.41. The van der Waals surface area contributed by atoms with Crippen LogP contribution < -0.4 is 10.1 Å². The van der Waals surface area contributed by atoms with Gasteiger partial charge in [0.15, 0.2) is 5.13 Å². The monoisotopic (exact) mass is 336 g/mol. The van der Waals surface area contributed by atoms with E-state index in [9.17, 15) is 0 Å². The highest BCUT2D eigenvalue weighted by atomic mass is 32.1. The van der Waals surface area contributed by atoms with Crippen molar-refractivity contribution in [2.75, 3.05) is 12.4 Å². The van der Waals surface area contributed by atoms with E-state index in [0.717, 1.165) is 40.7 Å². The minimum absolute atomic E-state index is 0.963. The molecule has 0 aliphatic heterocycles. The first-order valence-corrected chi connectivity index (χ1v) is 8.97. The number of hydrogen-bond donors (Lipinski definition) is 1. The summed E-state index contributed by atoms with van der Waals surface area (Å²) in [5.41, 5.74) is 7.21. The molecule has 0 radical (unpaired) electrons. The molecule has 3 aromatic rings. The second kappa shape index (κ2) is 5.95. The number of aromatic nitrogens is 1. The van der Waals surface area contributed by atoms with Crippen LogP contribution in [-0.2, 0) is 12.8 Å². The quantitative estimate of drug-likeness (QED) is 0.707. The average Bonchev–Trinajstić information content (AvgIpc) is 2.99. The number of methoxy groups -OCH3 is 1. The molecule has 4 rings (SSSR count). The zero-order valence-electron chi connectivity index (χ0n) is 14.1. The van der Waals surface area contributed by atoms with Gasteiger partial charge in [-0.1, -0.05) is 17.7 Å². The highest BCUT2D eigenvalue weighted by Gasteiger charge is 2.22. The standard InChI is InChI=1S/C20H20N2OS/c1-12-4-7-15(8-5-12)21-20-22-19-16-10-13(2)17(23-3)11-14(16)6-9-18(19)24-20/h4-5,7-8,10-11H,6,9H2,1-3H3,(H,21,22).